The van der Waals surface area contributed by atoms with Gasteiger partial charge in [0.1, 0.15) is 5.76 Å². The van der Waals surface area contributed by atoms with Crippen molar-refractivity contribution in [1.82, 2.24) is 4.90 Å². The molecule has 1 aromatic rings. The van der Waals surface area contributed by atoms with Crippen LogP contribution in [-0.4, -0.2) is 36.2 Å². The molecule has 1 aromatic heterocycles. The molecule has 3 heteroatoms. The maximum atomic E-state index is 9.32. The second-order valence-corrected chi connectivity index (χ2v) is 4.34. The highest BCUT2D eigenvalue weighted by Crippen LogP contribution is 2.14. The number of rotatable bonds is 5. The summed E-state index contributed by atoms with van der Waals surface area (Å²) in [6.07, 6.45) is 5.15. The van der Waals surface area contributed by atoms with Gasteiger partial charge in [0.05, 0.1) is 6.26 Å². The smallest absolute Gasteiger partial charge is 0.104 e. The van der Waals surface area contributed by atoms with Gasteiger partial charge in [0, 0.05) is 25.5 Å². The summed E-state index contributed by atoms with van der Waals surface area (Å²) in [5, 5.41) is 9.32. The van der Waals surface area contributed by atoms with Gasteiger partial charge in [-0.25, -0.2) is 0 Å². The molecule has 1 saturated heterocycles. The summed E-state index contributed by atoms with van der Waals surface area (Å²) >= 11 is 0. The Morgan fingerprint density at radius 3 is 2.80 bits per heavy atom. The molecule has 0 spiro atoms. The summed E-state index contributed by atoms with van der Waals surface area (Å²) < 4.78 is 5.30. The minimum Gasteiger partial charge on any atom is -0.469 e. The third-order valence-electron chi connectivity index (χ3n) is 3.04. The van der Waals surface area contributed by atoms with E-state index < -0.39 is 0 Å². The topological polar surface area (TPSA) is 36.6 Å². The van der Waals surface area contributed by atoms with Crippen LogP contribution in [0.2, 0.25) is 0 Å². The monoisotopic (exact) mass is 209 g/mol. The first-order valence-electron chi connectivity index (χ1n) is 5.74. The fraction of sp³-hybridized carbons (Fsp3) is 0.667. The quantitative estimate of drug-likeness (QED) is 0.799. The van der Waals surface area contributed by atoms with E-state index >= 15 is 0 Å². The van der Waals surface area contributed by atoms with Crippen LogP contribution in [-0.2, 0) is 6.42 Å². The highest BCUT2D eigenvalue weighted by molar-refractivity contribution is 4.99. The third kappa shape index (κ3) is 3.08. The van der Waals surface area contributed by atoms with Crippen molar-refractivity contribution in [2.75, 3.05) is 26.2 Å². The first-order valence-corrected chi connectivity index (χ1v) is 5.74. The van der Waals surface area contributed by atoms with E-state index in [0.717, 1.165) is 18.7 Å². The van der Waals surface area contributed by atoms with Gasteiger partial charge < -0.3 is 14.4 Å². The van der Waals surface area contributed by atoms with E-state index in [9.17, 15) is 5.11 Å². The zero-order valence-electron chi connectivity index (χ0n) is 9.06. The van der Waals surface area contributed by atoms with Gasteiger partial charge in [-0.2, -0.15) is 0 Å². The predicted octanol–water partition coefficient (Wildman–Crippen LogP) is 1.53. The van der Waals surface area contributed by atoms with E-state index in [-0.39, 0.29) is 6.61 Å². The molecule has 1 aliphatic heterocycles. The molecule has 1 aliphatic rings. The van der Waals surface area contributed by atoms with Crippen LogP contribution in [0.1, 0.15) is 18.6 Å². The minimum absolute atomic E-state index is 0.247. The molecule has 1 unspecified atom stereocenters. The third-order valence-corrected chi connectivity index (χ3v) is 3.04. The Morgan fingerprint density at radius 1 is 1.40 bits per heavy atom. The van der Waals surface area contributed by atoms with Gasteiger partial charge in [0.15, 0.2) is 0 Å². The fourth-order valence-electron chi connectivity index (χ4n) is 2.23. The van der Waals surface area contributed by atoms with Crippen LogP contribution in [0.3, 0.4) is 0 Å². The molecule has 0 bridgehead atoms. The first kappa shape index (κ1) is 10.7. The summed E-state index contributed by atoms with van der Waals surface area (Å²) in [6.45, 7) is 3.62. The lowest BCUT2D eigenvalue weighted by Crippen LogP contribution is -2.29. The van der Waals surface area contributed by atoms with Crippen molar-refractivity contribution in [3.63, 3.8) is 0 Å². The van der Waals surface area contributed by atoms with Crippen LogP contribution in [0.4, 0.5) is 0 Å². The highest BCUT2D eigenvalue weighted by Gasteiger charge is 2.17. The number of hydrogen-bond donors (Lipinski definition) is 1. The molecule has 1 atom stereocenters. The van der Waals surface area contributed by atoms with Crippen molar-refractivity contribution in [1.29, 1.82) is 0 Å². The summed E-state index contributed by atoms with van der Waals surface area (Å²) in [4.78, 5) is 2.43. The Morgan fingerprint density at radius 2 is 2.20 bits per heavy atom. The lowest BCUT2D eigenvalue weighted by molar-refractivity contribution is 0.174. The van der Waals surface area contributed by atoms with E-state index in [2.05, 4.69) is 4.90 Å². The SMILES string of the molecule is OCC(Cc1ccco1)CN1CCCC1. The van der Waals surface area contributed by atoms with Crippen molar-refractivity contribution < 1.29 is 9.52 Å². The van der Waals surface area contributed by atoms with Gasteiger partial charge >= 0.3 is 0 Å². The fourth-order valence-corrected chi connectivity index (χ4v) is 2.23. The number of aliphatic hydroxyl groups is 1. The van der Waals surface area contributed by atoms with Gasteiger partial charge in [-0.1, -0.05) is 0 Å². The predicted molar refractivity (Wildman–Crippen MR) is 58.7 cm³/mol. The van der Waals surface area contributed by atoms with Crippen molar-refractivity contribution in [3.8, 4) is 0 Å². The number of furan rings is 1. The number of hydrogen-bond acceptors (Lipinski definition) is 3. The Balaban J connectivity index is 1.81. The highest BCUT2D eigenvalue weighted by atomic mass is 16.3. The summed E-state index contributed by atoms with van der Waals surface area (Å²) in [6, 6.07) is 3.88. The van der Waals surface area contributed by atoms with Gasteiger partial charge in [-0.3, -0.25) is 0 Å². The molecular formula is C12H19NO2. The first-order chi connectivity index (χ1) is 7.38. The maximum absolute atomic E-state index is 9.32. The number of likely N-dealkylation sites (tertiary alicyclic amines) is 1. The molecule has 0 radical (unpaired) electrons. The number of aliphatic hydroxyl groups excluding tert-OH is 1. The zero-order chi connectivity index (χ0) is 10.5. The van der Waals surface area contributed by atoms with Gasteiger partial charge in [-0.05, 0) is 38.1 Å². The Kier molecular flexibility index (Phi) is 3.80. The normalized spacial score (nSPS) is 19.5. The Labute approximate surface area is 90.7 Å². The zero-order valence-corrected chi connectivity index (χ0v) is 9.06. The molecular weight excluding hydrogens is 190 g/mol. The molecule has 3 nitrogen and oxygen atoms in total. The van der Waals surface area contributed by atoms with E-state index in [1.807, 2.05) is 12.1 Å². The lowest BCUT2D eigenvalue weighted by Gasteiger charge is -2.20. The van der Waals surface area contributed by atoms with Crippen LogP contribution >= 0.6 is 0 Å². The molecule has 2 rings (SSSR count). The summed E-state index contributed by atoms with van der Waals surface area (Å²) in [5.74, 6) is 1.29. The van der Waals surface area contributed by atoms with E-state index in [0.29, 0.717) is 5.92 Å². The summed E-state index contributed by atoms with van der Waals surface area (Å²) in [5.41, 5.74) is 0. The average molecular weight is 209 g/mol. The molecule has 0 amide bonds. The molecule has 0 aromatic carbocycles. The van der Waals surface area contributed by atoms with Crippen LogP contribution < -0.4 is 0 Å². The van der Waals surface area contributed by atoms with Gasteiger partial charge in [0.2, 0.25) is 0 Å². The molecule has 1 N–H and O–H groups in total. The molecule has 2 heterocycles. The second kappa shape index (κ2) is 5.33. The Bertz CT molecular complexity index is 265. The van der Waals surface area contributed by atoms with E-state index in [1.54, 1.807) is 6.26 Å². The molecule has 0 aliphatic carbocycles. The Hall–Kier alpha value is -0.800. The van der Waals surface area contributed by atoms with Crippen LogP contribution in [0.15, 0.2) is 22.8 Å². The average Bonchev–Trinajstić information content (AvgIpc) is 2.89. The van der Waals surface area contributed by atoms with Crippen LogP contribution in [0.25, 0.3) is 0 Å². The lowest BCUT2D eigenvalue weighted by atomic mass is 10.0. The second-order valence-electron chi connectivity index (χ2n) is 4.34. The van der Waals surface area contributed by atoms with E-state index in [4.69, 9.17) is 4.42 Å². The van der Waals surface area contributed by atoms with Crippen molar-refractivity contribution in [2.45, 2.75) is 19.3 Å². The van der Waals surface area contributed by atoms with Gasteiger partial charge in [-0.15, -0.1) is 0 Å². The largest absolute Gasteiger partial charge is 0.469 e. The van der Waals surface area contributed by atoms with Gasteiger partial charge in [0.25, 0.3) is 0 Å². The molecule has 15 heavy (non-hydrogen) atoms. The summed E-state index contributed by atoms with van der Waals surface area (Å²) in [7, 11) is 0. The van der Waals surface area contributed by atoms with Crippen LogP contribution in [0.5, 0.6) is 0 Å². The van der Waals surface area contributed by atoms with Crippen molar-refractivity contribution in [3.05, 3.63) is 24.2 Å². The molecule has 1 fully saturated rings. The molecule has 0 saturated carbocycles. The van der Waals surface area contributed by atoms with Crippen molar-refractivity contribution >= 4 is 0 Å². The van der Waals surface area contributed by atoms with E-state index in [1.165, 1.54) is 25.9 Å². The standard InChI is InChI=1S/C12H19NO2/c14-10-11(8-12-4-3-7-15-12)9-13-5-1-2-6-13/h3-4,7,11,14H,1-2,5-6,8-10H2. The minimum atomic E-state index is 0.247. The molecule has 84 valence electrons. The van der Waals surface area contributed by atoms with Crippen LogP contribution in [0, 0.1) is 5.92 Å². The number of nitrogens with zero attached hydrogens (tertiary/aromatic N) is 1. The maximum Gasteiger partial charge on any atom is 0.104 e. The van der Waals surface area contributed by atoms with Crippen molar-refractivity contribution in [2.24, 2.45) is 5.92 Å².